The average molecular weight is 275 g/mol. The minimum atomic E-state index is -0.429. The van der Waals surface area contributed by atoms with Gasteiger partial charge in [0.25, 0.3) is 0 Å². The van der Waals surface area contributed by atoms with Crippen molar-refractivity contribution in [3.8, 4) is 0 Å². The highest BCUT2D eigenvalue weighted by atomic mass is 32.2. The number of methoxy groups -OCH3 is 1. The van der Waals surface area contributed by atoms with Gasteiger partial charge in [-0.05, 0) is 42.4 Å². The highest BCUT2D eigenvalue weighted by molar-refractivity contribution is 7.99. The average Bonchev–Trinajstić information content (AvgIpc) is 2.42. The first-order chi connectivity index (χ1) is 9.10. The summed E-state index contributed by atoms with van der Waals surface area (Å²) in [5, 5.41) is 0.570. The topological polar surface area (TPSA) is 78.1 Å². The molecule has 2 N–H and O–H groups in total. The van der Waals surface area contributed by atoms with E-state index < -0.39 is 5.97 Å². The number of esters is 1. The van der Waals surface area contributed by atoms with Crippen LogP contribution in [0.5, 0.6) is 0 Å². The van der Waals surface area contributed by atoms with E-state index in [9.17, 15) is 4.79 Å². The maximum atomic E-state index is 11.7. The summed E-state index contributed by atoms with van der Waals surface area (Å²) in [6, 6.07) is 5.07. The summed E-state index contributed by atoms with van der Waals surface area (Å²) in [6.07, 6.45) is 3.45. The van der Waals surface area contributed by atoms with E-state index in [0.29, 0.717) is 21.3 Å². The van der Waals surface area contributed by atoms with E-state index in [2.05, 4.69) is 9.97 Å². The molecule has 0 aliphatic rings. The van der Waals surface area contributed by atoms with Crippen molar-refractivity contribution < 1.29 is 9.53 Å². The maximum Gasteiger partial charge on any atom is 0.339 e. The molecule has 5 nitrogen and oxygen atoms in total. The number of hydrogen-bond acceptors (Lipinski definition) is 6. The van der Waals surface area contributed by atoms with Gasteiger partial charge in [0.1, 0.15) is 0 Å². The molecule has 1 aromatic heterocycles. The minimum Gasteiger partial charge on any atom is -0.465 e. The van der Waals surface area contributed by atoms with E-state index in [1.54, 1.807) is 30.6 Å². The lowest BCUT2D eigenvalue weighted by atomic mass is 10.2. The van der Waals surface area contributed by atoms with Crippen LogP contribution in [0.3, 0.4) is 0 Å². The molecule has 6 heteroatoms. The lowest BCUT2D eigenvalue weighted by molar-refractivity contribution is 0.0597. The van der Waals surface area contributed by atoms with Crippen molar-refractivity contribution in [1.82, 2.24) is 9.97 Å². The minimum absolute atomic E-state index is 0.414. The summed E-state index contributed by atoms with van der Waals surface area (Å²) in [5.74, 6) is -0.429. The Balaban J connectivity index is 2.34. The van der Waals surface area contributed by atoms with Gasteiger partial charge in [0, 0.05) is 23.0 Å². The van der Waals surface area contributed by atoms with Crippen LogP contribution in [-0.2, 0) is 4.74 Å². The molecule has 0 atom stereocenters. The zero-order valence-corrected chi connectivity index (χ0v) is 11.4. The first kappa shape index (κ1) is 13.4. The number of aromatic nitrogens is 2. The van der Waals surface area contributed by atoms with E-state index >= 15 is 0 Å². The van der Waals surface area contributed by atoms with E-state index in [1.807, 2.05) is 6.92 Å². The van der Waals surface area contributed by atoms with Crippen molar-refractivity contribution in [3.05, 3.63) is 41.7 Å². The first-order valence-electron chi connectivity index (χ1n) is 5.54. The number of nitrogen functional groups attached to an aromatic ring is 1. The van der Waals surface area contributed by atoms with Crippen LogP contribution in [0.15, 0.2) is 40.6 Å². The van der Waals surface area contributed by atoms with Crippen molar-refractivity contribution in [2.75, 3.05) is 12.8 Å². The fourth-order valence-electron chi connectivity index (χ4n) is 1.44. The van der Waals surface area contributed by atoms with Crippen LogP contribution in [0, 0.1) is 6.92 Å². The van der Waals surface area contributed by atoms with Gasteiger partial charge in [-0.25, -0.2) is 14.8 Å². The molecular weight excluding hydrogens is 262 g/mol. The third-order valence-corrected chi connectivity index (χ3v) is 3.34. The van der Waals surface area contributed by atoms with Crippen molar-refractivity contribution in [3.63, 3.8) is 0 Å². The zero-order chi connectivity index (χ0) is 13.8. The van der Waals surface area contributed by atoms with Gasteiger partial charge < -0.3 is 10.5 Å². The lowest BCUT2D eigenvalue weighted by Gasteiger charge is -2.07. The largest absolute Gasteiger partial charge is 0.465 e. The molecule has 0 aliphatic carbocycles. The molecule has 2 aromatic rings. The van der Waals surface area contributed by atoms with Crippen LogP contribution < -0.4 is 5.73 Å². The number of nitrogens with zero attached hydrogens (tertiary/aromatic N) is 2. The van der Waals surface area contributed by atoms with Gasteiger partial charge in [0.15, 0.2) is 5.16 Å². The highest BCUT2D eigenvalue weighted by Crippen LogP contribution is 2.29. The molecule has 0 unspecified atom stereocenters. The second kappa shape index (κ2) is 5.71. The van der Waals surface area contributed by atoms with Gasteiger partial charge in [0.05, 0.1) is 12.7 Å². The summed E-state index contributed by atoms with van der Waals surface area (Å²) in [5.41, 5.74) is 7.59. The number of hydrogen-bond donors (Lipinski definition) is 1. The number of nitrogens with two attached hydrogens (primary N) is 1. The number of carbonyl (C=O) groups is 1. The molecular formula is C13H13N3O2S. The molecule has 0 radical (unpaired) electrons. The predicted molar refractivity (Wildman–Crippen MR) is 73.1 cm³/mol. The summed E-state index contributed by atoms with van der Waals surface area (Å²) in [4.78, 5) is 20.8. The fraction of sp³-hybridized carbons (Fsp3) is 0.154. The Morgan fingerprint density at radius 1 is 1.32 bits per heavy atom. The molecule has 0 spiro atoms. The van der Waals surface area contributed by atoms with Crippen LogP contribution in [-0.4, -0.2) is 23.0 Å². The Morgan fingerprint density at radius 3 is 2.63 bits per heavy atom. The molecule has 0 fully saturated rings. The molecule has 1 aromatic carbocycles. The highest BCUT2D eigenvalue weighted by Gasteiger charge is 2.14. The number of aryl methyl sites for hydroxylation is 1. The third-order valence-electron chi connectivity index (χ3n) is 2.37. The van der Waals surface area contributed by atoms with E-state index in [4.69, 9.17) is 10.5 Å². The molecule has 0 amide bonds. The van der Waals surface area contributed by atoms with Gasteiger partial charge in [0.2, 0.25) is 0 Å². The molecule has 19 heavy (non-hydrogen) atoms. The van der Waals surface area contributed by atoms with Crippen LogP contribution in [0.2, 0.25) is 0 Å². The summed E-state index contributed by atoms with van der Waals surface area (Å²) in [7, 11) is 1.34. The molecule has 0 saturated heterocycles. The van der Waals surface area contributed by atoms with Crippen LogP contribution in [0.25, 0.3) is 0 Å². The van der Waals surface area contributed by atoms with E-state index in [1.165, 1.54) is 18.9 Å². The van der Waals surface area contributed by atoms with Gasteiger partial charge in [-0.2, -0.15) is 0 Å². The normalized spacial score (nSPS) is 10.2. The molecule has 98 valence electrons. The summed E-state index contributed by atoms with van der Waals surface area (Å²) >= 11 is 1.30. The van der Waals surface area contributed by atoms with Gasteiger partial charge in [-0.1, -0.05) is 0 Å². The van der Waals surface area contributed by atoms with Crippen LogP contribution in [0.4, 0.5) is 5.69 Å². The van der Waals surface area contributed by atoms with Gasteiger partial charge in [-0.3, -0.25) is 0 Å². The van der Waals surface area contributed by atoms with Crippen molar-refractivity contribution in [1.29, 1.82) is 0 Å². The Labute approximate surface area is 115 Å². The Hall–Kier alpha value is -2.08. The van der Waals surface area contributed by atoms with E-state index in [0.717, 1.165) is 5.56 Å². The smallest absolute Gasteiger partial charge is 0.339 e. The number of anilines is 1. The second-order valence-electron chi connectivity index (χ2n) is 3.89. The van der Waals surface area contributed by atoms with E-state index in [-0.39, 0.29) is 0 Å². The van der Waals surface area contributed by atoms with Crippen LogP contribution in [0.1, 0.15) is 15.9 Å². The Kier molecular flexibility index (Phi) is 4.01. The Bertz CT molecular complexity index is 599. The Morgan fingerprint density at radius 2 is 2.00 bits per heavy atom. The molecule has 1 heterocycles. The first-order valence-corrected chi connectivity index (χ1v) is 6.36. The van der Waals surface area contributed by atoms with Crippen molar-refractivity contribution in [2.24, 2.45) is 0 Å². The maximum absolute atomic E-state index is 11.7. The molecule has 0 aliphatic heterocycles. The monoisotopic (exact) mass is 275 g/mol. The number of benzene rings is 1. The van der Waals surface area contributed by atoms with Crippen molar-refractivity contribution in [2.45, 2.75) is 17.0 Å². The second-order valence-corrected chi connectivity index (χ2v) is 4.90. The molecule has 0 saturated carbocycles. The SMILES string of the molecule is COC(=O)c1cc(N)ccc1Sc1ncc(C)cn1. The number of ether oxygens (including phenoxy) is 1. The number of rotatable bonds is 3. The van der Waals surface area contributed by atoms with Gasteiger partial charge in [-0.15, -0.1) is 0 Å². The lowest BCUT2D eigenvalue weighted by Crippen LogP contribution is -2.04. The van der Waals surface area contributed by atoms with Crippen LogP contribution >= 0.6 is 11.8 Å². The quantitative estimate of drug-likeness (QED) is 0.526. The van der Waals surface area contributed by atoms with Crippen molar-refractivity contribution >= 4 is 23.4 Å². The molecule has 0 bridgehead atoms. The summed E-state index contributed by atoms with van der Waals surface area (Å²) < 4.78 is 4.74. The standard InChI is InChI=1S/C13H13N3O2S/c1-8-6-15-13(16-7-8)19-11-4-3-9(14)5-10(11)12(17)18-2/h3-7H,14H2,1-2H3. The summed E-state index contributed by atoms with van der Waals surface area (Å²) in [6.45, 7) is 1.91. The third kappa shape index (κ3) is 3.23. The predicted octanol–water partition coefficient (Wildman–Crippen LogP) is 2.31. The molecule has 2 rings (SSSR count). The fourth-order valence-corrected chi connectivity index (χ4v) is 2.23. The number of carbonyl (C=O) groups excluding carboxylic acids is 1. The zero-order valence-electron chi connectivity index (χ0n) is 10.6. The van der Waals surface area contributed by atoms with Gasteiger partial charge >= 0.3 is 5.97 Å².